The molecular weight excluding hydrogens is 360 g/mol. The molecule has 6 nitrogen and oxygen atoms in total. The zero-order chi connectivity index (χ0) is 19.1. The quantitative estimate of drug-likeness (QED) is 0.762. The molecule has 146 valence electrons. The van der Waals surface area contributed by atoms with E-state index in [-0.39, 0.29) is 6.03 Å². The number of anilines is 1. The average molecular weight is 389 g/mol. The number of thiazole rings is 1. The summed E-state index contributed by atoms with van der Waals surface area (Å²) >= 11 is 1.67. The molecule has 0 bridgehead atoms. The third-order valence-electron chi connectivity index (χ3n) is 4.81. The summed E-state index contributed by atoms with van der Waals surface area (Å²) in [6, 6.07) is 8.24. The average Bonchev–Trinajstić information content (AvgIpc) is 3.17. The first-order valence-electron chi connectivity index (χ1n) is 9.55. The van der Waals surface area contributed by atoms with Crippen LogP contribution in [0, 0.1) is 0 Å². The van der Waals surface area contributed by atoms with Gasteiger partial charge in [-0.3, -0.25) is 4.90 Å². The Kier molecular flexibility index (Phi) is 7.20. The Bertz CT molecular complexity index is 726. The Morgan fingerprint density at radius 2 is 2.04 bits per heavy atom. The maximum atomic E-state index is 12.1. The number of carbonyl (C=O) groups excluding carboxylic acids is 1. The van der Waals surface area contributed by atoms with Crippen LogP contribution in [0.1, 0.15) is 36.2 Å². The lowest BCUT2D eigenvalue weighted by atomic mass is 10.1. The summed E-state index contributed by atoms with van der Waals surface area (Å²) in [6.45, 7) is 8.40. The summed E-state index contributed by atoms with van der Waals surface area (Å²) in [6.07, 6.45) is 1.71. The number of nitrogens with one attached hydrogen (secondary N) is 2. The zero-order valence-electron chi connectivity index (χ0n) is 16.0. The molecule has 7 heteroatoms. The molecule has 0 spiro atoms. The van der Waals surface area contributed by atoms with Gasteiger partial charge in [-0.15, -0.1) is 11.3 Å². The van der Waals surface area contributed by atoms with Crippen LogP contribution in [-0.4, -0.2) is 48.8 Å². The number of aryl methyl sites for hydroxylation is 1. The van der Waals surface area contributed by atoms with Crippen LogP contribution in [0.4, 0.5) is 10.5 Å². The van der Waals surface area contributed by atoms with Gasteiger partial charge in [0.25, 0.3) is 0 Å². The van der Waals surface area contributed by atoms with Crippen LogP contribution in [0.2, 0.25) is 0 Å². The lowest BCUT2D eigenvalue weighted by Crippen LogP contribution is -2.38. The van der Waals surface area contributed by atoms with Gasteiger partial charge in [-0.05, 0) is 31.0 Å². The van der Waals surface area contributed by atoms with Crippen molar-refractivity contribution in [2.75, 3.05) is 38.2 Å². The maximum absolute atomic E-state index is 12.1. The van der Waals surface area contributed by atoms with E-state index in [4.69, 9.17) is 4.74 Å². The number of nitrogens with zero attached hydrogens (tertiary/aromatic N) is 2. The number of carbonyl (C=O) groups is 1. The second kappa shape index (κ2) is 9.82. The monoisotopic (exact) mass is 388 g/mol. The van der Waals surface area contributed by atoms with Gasteiger partial charge < -0.3 is 15.4 Å². The van der Waals surface area contributed by atoms with E-state index in [9.17, 15) is 4.79 Å². The summed E-state index contributed by atoms with van der Waals surface area (Å²) in [4.78, 5) is 19.0. The normalized spacial score (nSPS) is 16.1. The molecule has 1 atom stereocenters. The number of ether oxygens (including phenoxy) is 1. The van der Waals surface area contributed by atoms with E-state index in [1.807, 2.05) is 12.1 Å². The summed E-state index contributed by atoms with van der Waals surface area (Å²) in [7, 11) is 0. The minimum Gasteiger partial charge on any atom is -0.379 e. The van der Waals surface area contributed by atoms with Crippen molar-refractivity contribution in [1.29, 1.82) is 0 Å². The van der Waals surface area contributed by atoms with Gasteiger partial charge in [0.1, 0.15) is 0 Å². The highest BCUT2D eigenvalue weighted by Gasteiger charge is 2.18. The van der Waals surface area contributed by atoms with Crippen molar-refractivity contribution in [2.24, 2.45) is 0 Å². The molecule has 2 N–H and O–H groups in total. The molecule has 1 aliphatic rings. The molecule has 27 heavy (non-hydrogen) atoms. The van der Waals surface area contributed by atoms with E-state index in [0.29, 0.717) is 12.6 Å². The molecule has 1 unspecified atom stereocenters. The largest absolute Gasteiger partial charge is 0.379 e. The van der Waals surface area contributed by atoms with Crippen molar-refractivity contribution in [3.63, 3.8) is 0 Å². The molecule has 1 saturated heterocycles. The summed E-state index contributed by atoms with van der Waals surface area (Å²) in [5, 5.41) is 8.98. The lowest BCUT2D eigenvalue weighted by Gasteiger charge is -2.32. The van der Waals surface area contributed by atoms with Gasteiger partial charge in [0.2, 0.25) is 0 Å². The highest BCUT2D eigenvalue weighted by atomic mass is 32.1. The van der Waals surface area contributed by atoms with Gasteiger partial charge in [-0.1, -0.05) is 19.1 Å². The number of amides is 2. The van der Waals surface area contributed by atoms with Gasteiger partial charge in [0.05, 0.1) is 23.9 Å². The van der Waals surface area contributed by atoms with E-state index in [2.05, 4.69) is 51.9 Å². The van der Waals surface area contributed by atoms with Crippen molar-refractivity contribution >= 4 is 23.1 Å². The molecular formula is C20H28N4O2S. The van der Waals surface area contributed by atoms with Crippen LogP contribution >= 0.6 is 11.3 Å². The molecule has 2 amide bonds. The van der Waals surface area contributed by atoms with Crippen molar-refractivity contribution < 1.29 is 9.53 Å². The van der Waals surface area contributed by atoms with Crippen molar-refractivity contribution in [2.45, 2.75) is 32.7 Å². The molecule has 2 aromatic rings. The first-order valence-corrected chi connectivity index (χ1v) is 10.4. The van der Waals surface area contributed by atoms with E-state index in [1.54, 1.807) is 11.3 Å². The van der Waals surface area contributed by atoms with Crippen molar-refractivity contribution in [3.05, 3.63) is 45.9 Å². The highest BCUT2D eigenvalue weighted by Crippen LogP contribution is 2.22. The Morgan fingerprint density at radius 1 is 1.30 bits per heavy atom. The first-order chi connectivity index (χ1) is 13.2. The van der Waals surface area contributed by atoms with Crippen LogP contribution in [-0.2, 0) is 17.6 Å². The Hall–Kier alpha value is -1.96. The van der Waals surface area contributed by atoms with Crippen LogP contribution in [0.15, 0.2) is 29.6 Å². The minimum atomic E-state index is -0.185. The van der Waals surface area contributed by atoms with Gasteiger partial charge in [0, 0.05) is 43.2 Å². The molecule has 1 fully saturated rings. The summed E-state index contributed by atoms with van der Waals surface area (Å²) in [5.41, 5.74) is 3.09. The SMILES string of the molecule is CCc1nc(CCNC(=O)Nc2ccc(C(C)N3CCOCC3)cc2)cs1. The number of hydrogen-bond donors (Lipinski definition) is 2. The highest BCUT2D eigenvalue weighted by molar-refractivity contribution is 7.09. The van der Waals surface area contributed by atoms with Crippen LogP contribution in [0.5, 0.6) is 0 Å². The smallest absolute Gasteiger partial charge is 0.319 e. The predicted octanol–water partition coefficient (Wildman–Crippen LogP) is 3.46. The van der Waals surface area contributed by atoms with Gasteiger partial charge >= 0.3 is 6.03 Å². The number of morpholine rings is 1. The van der Waals surface area contributed by atoms with Crippen LogP contribution in [0.25, 0.3) is 0 Å². The Balaban J connectivity index is 1.43. The lowest BCUT2D eigenvalue weighted by molar-refractivity contribution is 0.0198. The predicted molar refractivity (Wildman–Crippen MR) is 109 cm³/mol. The zero-order valence-corrected chi connectivity index (χ0v) is 16.8. The molecule has 0 saturated carbocycles. The Labute approximate surface area is 164 Å². The maximum Gasteiger partial charge on any atom is 0.319 e. The molecule has 1 aromatic carbocycles. The van der Waals surface area contributed by atoms with Gasteiger partial charge in [-0.2, -0.15) is 0 Å². The van der Waals surface area contributed by atoms with E-state index >= 15 is 0 Å². The molecule has 3 rings (SSSR count). The van der Waals surface area contributed by atoms with E-state index in [1.165, 1.54) is 5.56 Å². The molecule has 2 heterocycles. The molecule has 0 aliphatic carbocycles. The fraction of sp³-hybridized carbons (Fsp3) is 0.500. The molecule has 0 radical (unpaired) electrons. The van der Waals surface area contributed by atoms with E-state index < -0.39 is 0 Å². The number of urea groups is 1. The van der Waals surface area contributed by atoms with Crippen LogP contribution in [0.3, 0.4) is 0 Å². The Morgan fingerprint density at radius 3 is 2.70 bits per heavy atom. The standard InChI is InChI=1S/C20H28N4O2S/c1-3-19-22-18(14-27-19)8-9-21-20(25)23-17-6-4-16(5-7-17)15(2)24-10-12-26-13-11-24/h4-7,14-15H,3,8-13H2,1-2H3,(H2,21,23,25). The number of aromatic nitrogens is 1. The second-order valence-electron chi connectivity index (χ2n) is 6.66. The third kappa shape index (κ3) is 5.76. The first kappa shape index (κ1) is 19.8. The topological polar surface area (TPSA) is 66.5 Å². The number of rotatable bonds is 7. The van der Waals surface area contributed by atoms with Gasteiger partial charge in [-0.25, -0.2) is 9.78 Å². The summed E-state index contributed by atoms with van der Waals surface area (Å²) in [5.74, 6) is 0. The number of benzene rings is 1. The molecule has 1 aliphatic heterocycles. The van der Waals surface area contributed by atoms with Gasteiger partial charge in [0.15, 0.2) is 0 Å². The van der Waals surface area contributed by atoms with E-state index in [0.717, 1.165) is 55.5 Å². The fourth-order valence-electron chi connectivity index (χ4n) is 3.13. The fourth-order valence-corrected chi connectivity index (χ4v) is 3.91. The second-order valence-corrected chi connectivity index (χ2v) is 7.61. The van der Waals surface area contributed by atoms with Crippen molar-refractivity contribution in [3.8, 4) is 0 Å². The van der Waals surface area contributed by atoms with Crippen molar-refractivity contribution in [1.82, 2.24) is 15.2 Å². The number of hydrogen-bond acceptors (Lipinski definition) is 5. The molecule has 1 aromatic heterocycles. The summed E-state index contributed by atoms with van der Waals surface area (Å²) < 4.78 is 5.42. The minimum absolute atomic E-state index is 0.185. The third-order valence-corrected chi connectivity index (χ3v) is 5.85. The van der Waals surface area contributed by atoms with Crippen LogP contribution < -0.4 is 10.6 Å².